The van der Waals surface area contributed by atoms with E-state index in [4.69, 9.17) is 22.1 Å². The first kappa shape index (κ1) is 25.6. The fraction of sp³-hybridized carbons (Fsp3) is 0.323. The van der Waals surface area contributed by atoms with Crippen molar-refractivity contribution < 1.29 is 9.53 Å². The Morgan fingerprint density at radius 2 is 1.75 bits per heavy atom. The number of carbonyl (C=O) groups excluding carboxylic acids is 1. The van der Waals surface area contributed by atoms with Gasteiger partial charge in [-0.25, -0.2) is 19.5 Å². The number of carbonyl (C=O) groups is 1. The number of allylic oxidation sites excluding steroid dienone is 1. The third-order valence-electron chi connectivity index (χ3n) is 7.79. The normalized spacial score (nSPS) is 18.1. The van der Waals surface area contributed by atoms with Crippen LogP contribution in [-0.2, 0) is 4.79 Å². The Labute approximate surface area is 233 Å². The molecule has 3 heterocycles. The number of rotatable bonds is 6. The van der Waals surface area contributed by atoms with Crippen molar-refractivity contribution in [3.05, 3.63) is 84.1 Å². The summed E-state index contributed by atoms with van der Waals surface area (Å²) >= 11 is 0. The number of nitrogens with zero attached hydrogens (tertiary/aromatic N) is 6. The quantitative estimate of drug-likeness (QED) is 0.240. The Bertz CT molecular complexity index is 1580. The number of hydrogen-bond donors (Lipinski definition) is 1. The lowest BCUT2D eigenvalue weighted by atomic mass is 10.0. The molecule has 202 valence electrons. The maximum atomic E-state index is 13.4. The van der Waals surface area contributed by atoms with Gasteiger partial charge in [0.05, 0.1) is 18.0 Å². The summed E-state index contributed by atoms with van der Waals surface area (Å²) < 4.78 is 7.83. The molecule has 1 aliphatic heterocycles. The van der Waals surface area contributed by atoms with Gasteiger partial charge in [0, 0.05) is 18.7 Å². The molecule has 2 aromatic carbocycles. The molecule has 2 N–H and O–H groups in total. The minimum absolute atomic E-state index is 0.0950. The van der Waals surface area contributed by atoms with E-state index in [1.165, 1.54) is 6.33 Å². The number of amides is 1. The largest absolute Gasteiger partial charge is 0.457 e. The molecule has 9 heteroatoms. The Morgan fingerprint density at radius 1 is 1.00 bits per heavy atom. The van der Waals surface area contributed by atoms with Crippen LogP contribution in [0.2, 0.25) is 0 Å². The standard InChI is InChI=1S/C31H31N7O2/c1-33-26(18-21-8-5-6-9-21)31(39)37-17-7-10-23(19-37)38-30-27(29(32)34-20-35-30)28(36-38)22-13-15-25(16-14-22)40-24-11-3-2-4-12-24/h2-4,11-16,18,20-21,23H,5-10,17,19H2,(H2,32,34,35)/b26-18-/t23-/m1/s1. The van der Waals surface area contributed by atoms with Crippen molar-refractivity contribution in [1.29, 1.82) is 0 Å². The van der Waals surface area contributed by atoms with E-state index in [1.54, 1.807) is 4.90 Å². The fourth-order valence-corrected chi connectivity index (χ4v) is 5.76. The highest BCUT2D eigenvalue weighted by molar-refractivity contribution is 5.98. The van der Waals surface area contributed by atoms with Crippen LogP contribution in [0, 0.1) is 12.5 Å². The predicted molar refractivity (Wildman–Crippen MR) is 153 cm³/mol. The molecule has 1 saturated heterocycles. The lowest BCUT2D eigenvalue weighted by Gasteiger charge is -2.33. The Balaban J connectivity index is 1.28. The molecule has 2 aromatic heterocycles. The molecule has 0 unspecified atom stereocenters. The van der Waals surface area contributed by atoms with Gasteiger partial charge in [0.15, 0.2) is 5.65 Å². The van der Waals surface area contributed by atoms with Crippen molar-refractivity contribution in [3.8, 4) is 22.8 Å². The topological polar surface area (TPSA) is 104 Å². The number of fused-ring (bicyclic) bond motifs is 1. The average molecular weight is 534 g/mol. The summed E-state index contributed by atoms with van der Waals surface area (Å²) in [6.45, 7) is 8.73. The zero-order valence-corrected chi connectivity index (χ0v) is 22.2. The summed E-state index contributed by atoms with van der Waals surface area (Å²) in [4.78, 5) is 27.5. The molecule has 1 amide bonds. The summed E-state index contributed by atoms with van der Waals surface area (Å²) in [5, 5.41) is 5.67. The van der Waals surface area contributed by atoms with E-state index in [1.807, 2.05) is 65.4 Å². The zero-order valence-electron chi connectivity index (χ0n) is 22.2. The van der Waals surface area contributed by atoms with Crippen molar-refractivity contribution in [1.82, 2.24) is 24.6 Å². The molecule has 0 radical (unpaired) electrons. The Kier molecular flexibility index (Phi) is 7.15. The number of nitrogens with two attached hydrogens (primary N) is 1. The molecule has 40 heavy (non-hydrogen) atoms. The van der Waals surface area contributed by atoms with E-state index in [0.717, 1.165) is 49.8 Å². The third kappa shape index (κ3) is 5.13. The van der Waals surface area contributed by atoms with E-state index in [9.17, 15) is 4.79 Å². The van der Waals surface area contributed by atoms with Gasteiger partial charge in [-0.05, 0) is 68.0 Å². The van der Waals surface area contributed by atoms with Crippen molar-refractivity contribution in [2.24, 2.45) is 5.92 Å². The van der Waals surface area contributed by atoms with E-state index in [-0.39, 0.29) is 17.6 Å². The Hall–Kier alpha value is -4.71. The maximum absolute atomic E-state index is 13.4. The predicted octanol–water partition coefficient (Wildman–Crippen LogP) is 6.02. The lowest BCUT2D eigenvalue weighted by molar-refractivity contribution is -0.128. The Morgan fingerprint density at radius 3 is 2.50 bits per heavy atom. The number of para-hydroxylation sites is 1. The fourth-order valence-electron chi connectivity index (χ4n) is 5.76. The minimum Gasteiger partial charge on any atom is -0.457 e. The van der Waals surface area contributed by atoms with Crippen molar-refractivity contribution in [2.45, 2.75) is 44.6 Å². The number of piperidine rings is 1. The highest BCUT2D eigenvalue weighted by Gasteiger charge is 2.30. The van der Waals surface area contributed by atoms with Crippen LogP contribution >= 0.6 is 0 Å². The van der Waals surface area contributed by atoms with E-state index < -0.39 is 0 Å². The SMILES string of the molecule is [C-]#[N+]/C(=C\C1CCCC1)C(=O)N1CCC[C@@H](n2nc(-c3ccc(Oc4ccccc4)cc3)c3c(N)ncnc32)C1. The van der Waals surface area contributed by atoms with Gasteiger partial charge >= 0.3 is 0 Å². The van der Waals surface area contributed by atoms with Crippen molar-refractivity contribution >= 4 is 22.8 Å². The molecule has 6 rings (SSSR count). The van der Waals surface area contributed by atoms with Gasteiger partial charge in [-0.2, -0.15) is 5.10 Å². The van der Waals surface area contributed by atoms with Gasteiger partial charge in [-0.15, -0.1) is 0 Å². The van der Waals surface area contributed by atoms with Gasteiger partial charge < -0.3 is 15.4 Å². The first-order valence-corrected chi connectivity index (χ1v) is 13.8. The molecule has 2 aliphatic rings. The number of ether oxygens (including phenoxy) is 1. The molecule has 1 aliphatic carbocycles. The molecule has 0 spiro atoms. The minimum atomic E-state index is -0.188. The van der Waals surface area contributed by atoms with Crippen LogP contribution in [0.1, 0.15) is 44.6 Å². The second kappa shape index (κ2) is 11.2. The van der Waals surface area contributed by atoms with Crippen LogP contribution in [0.4, 0.5) is 5.82 Å². The number of benzene rings is 2. The van der Waals surface area contributed by atoms with Crippen LogP contribution in [-0.4, -0.2) is 43.6 Å². The van der Waals surface area contributed by atoms with Crippen LogP contribution in [0.15, 0.2) is 72.7 Å². The number of nitrogen functional groups attached to an aromatic ring is 1. The monoisotopic (exact) mass is 533 g/mol. The summed E-state index contributed by atoms with van der Waals surface area (Å²) in [7, 11) is 0. The van der Waals surface area contributed by atoms with Crippen LogP contribution in [0.3, 0.4) is 0 Å². The molecule has 4 aromatic rings. The molecule has 1 atom stereocenters. The van der Waals surface area contributed by atoms with Gasteiger partial charge in [-0.1, -0.05) is 37.1 Å². The maximum Gasteiger partial charge on any atom is 0.252 e. The van der Waals surface area contributed by atoms with Gasteiger partial charge in [-0.3, -0.25) is 4.79 Å². The average Bonchev–Trinajstić information content (AvgIpc) is 3.65. The number of aromatic nitrogens is 4. The summed E-state index contributed by atoms with van der Waals surface area (Å²) in [6.07, 6.45) is 9.43. The van der Waals surface area contributed by atoms with E-state index in [2.05, 4.69) is 14.8 Å². The van der Waals surface area contributed by atoms with E-state index in [0.29, 0.717) is 47.3 Å². The first-order valence-electron chi connectivity index (χ1n) is 13.8. The van der Waals surface area contributed by atoms with Crippen molar-refractivity contribution in [3.63, 3.8) is 0 Å². The van der Waals surface area contributed by atoms with Gasteiger partial charge in [0.1, 0.15) is 29.3 Å². The first-order chi connectivity index (χ1) is 19.6. The number of likely N-dealkylation sites (tertiary alicyclic amines) is 1. The van der Waals surface area contributed by atoms with Crippen LogP contribution in [0.5, 0.6) is 11.5 Å². The smallest absolute Gasteiger partial charge is 0.252 e. The highest BCUT2D eigenvalue weighted by atomic mass is 16.5. The van der Waals surface area contributed by atoms with Crippen LogP contribution in [0.25, 0.3) is 27.1 Å². The zero-order chi connectivity index (χ0) is 27.5. The molecule has 1 saturated carbocycles. The molecular formula is C31H31N7O2. The summed E-state index contributed by atoms with van der Waals surface area (Å²) in [6, 6.07) is 17.2. The highest BCUT2D eigenvalue weighted by Crippen LogP contribution is 2.35. The molecule has 0 bridgehead atoms. The summed E-state index contributed by atoms with van der Waals surface area (Å²) in [5.74, 6) is 1.97. The number of anilines is 1. The van der Waals surface area contributed by atoms with Gasteiger partial charge in [0.25, 0.3) is 5.91 Å². The lowest BCUT2D eigenvalue weighted by Crippen LogP contribution is -2.41. The molecular weight excluding hydrogens is 502 g/mol. The molecule has 9 nitrogen and oxygen atoms in total. The summed E-state index contributed by atoms with van der Waals surface area (Å²) in [5.41, 5.74) is 8.77. The van der Waals surface area contributed by atoms with Gasteiger partial charge in [0.2, 0.25) is 5.70 Å². The second-order valence-electron chi connectivity index (χ2n) is 10.4. The third-order valence-corrected chi connectivity index (χ3v) is 7.79. The molecule has 2 fully saturated rings. The number of hydrogen-bond acceptors (Lipinski definition) is 6. The van der Waals surface area contributed by atoms with Crippen LogP contribution < -0.4 is 10.5 Å². The van der Waals surface area contributed by atoms with E-state index >= 15 is 0 Å². The second-order valence-corrected chi connectivity index (χ2v) is 10.4. The van der Waals surface area contributed by atoms with Crippen molar-refractivity contribution in [2.75, 3.05) is 18.8 Å².